The van der Waals surface area contributed by atoms with Gasteiger partial charge in [0.2, 0.25) is 0 Å². The van der Waals surface area contributed by atoms with Crippen molar-refractivity contribution in [1.29, 1.82) is 0 Å². The number of hydrogen-bond acceptors (Lipinski definition) is 3. The second kappa shape index (κ2) is 5.64. The van der Waals surface area contributed by atoms with Crippen LogP contribution in [-0.2, 0) is 7.05 Å². The molecular weight excluding hydrogens is 294 g/mol. The Bertz CT molecular complexity index is 916. The zero-order chi connectivity index (χ0) is 16.6. The molecule has 0 radical (unpaired) electrons. The Morgan fingerprint density at radius 1 is 1.13 bits per heavy atom. The van der Waals surface area contributed by atoms with E-state index in [1.165, 1.54) is 10.9 Å². The van der Waals surface area contributed by atoms with Crippen LogP contribution in [0.1, 0.15) is 21.8 Å². The average molecular weight is 311 g/mol. The van der Waals surface area contributed by atoms with Gasteiger partial charge in [-0.2, -0.15) is 0 Å². The van der Waals surface area contributed by atoms with E-state index >= 15 is 0 Å². The standard InChI is InChI=1S/C17H17N3O3/c1-11-9-10-23-15(11)16(21)18-14-12(2)19(3)20(17(14)22)13-7-5-4-6-8-13/h4-10H,1-3H3,(H,18,21). The smallest absolute Gasteiger partial charge is 0.295 e. The number of aryl methyl sites for hydroxylation is 1. The number of anilines is 1. The highest BCUT2D eigenvalue weighted by molar-refractivity contribution is 6.03. The maximum atomic E-state index is 12.7. The number of nitrogens with zero attached hydrogens (tertiary/aromatic N) is 2. The number of carbonyl (C=O) groups excluding carboxylic acids is 1. The van der Waals surface area contributed by atoms with Gasteiger partial charge >= 0.3 is 0 Å². The van der Waals surface area contributed by atoms with Crippen LogP contribution in [0.15, 0.2) is 51.9 Å². The highest BCUT2D eigenvalue weighted by atomic mass is 16.3. The molecule has 2 aromatic heterocycles. The lowest BCUT2D eigenvalue weighted by Gasteiger charge is -2.07. The Morgan fingerprint density at radius 3 is 2.43 bits per heavy atom. The lowest BCUT2D eigenvalue weighted by Crippen LogP contribution is -2.23. The van der Waals surface area contributed by atoms with Crippen molar-refractivity contribution in [2.45, 2.75) is 13.8 Å². The van der Waals surface area contributed by atoms with Gasteiger partial charge in [-0.1, -0.05) is 18.2 Å². The molecule has 0 spiro atoms. The van der Waals surface area contributed by atoms with Gasteiger partial charge < -0.3 is 9.73 Å². The van der Waals surface area contributed by atoms with E-state index in [2.05, 4.69) is 5.32 Å². The van der Waals surface area contributed by atoms with E-state index in [1.807, 2.05) is 30.3 Å². The van der Waals surface area contributed by atoms with Crippen LogP contribution in [0.4, 0.5) is 5.69 Å². The third-order valence-corrected chi connectivity index (χ3v) is 3.86. The van der Waals surface area contributed by atoms with Crippen molar-refractivity contribution >= 4 is 11.6 Å². The van der Waals surface area contributed by atoms with E-state index in [0.717, 1.165) is 11.3 Å². The van der Waals surface area contributed by atoms with E-state index in [4.69, 9.17) is 4.42 Å². The molecule has 6 heteroatoms. The van der Waals surface area contributed by atoms with Crippen LogP contribution < -0.4 is 10.9 Å². The van der Waals surface area contributed by atoms with Crippen LogP contribution in [0, 0.1) is 13.8 Å². The van der Waals surface area contributed by atoms with Gasteiger partial charge in [0, 0.05) is 12.6 Å². The molecule has 118 valence electrons. The van der Waals surface area contributed by atoms with Gasteiger partial charge in [0.25, 0.3) is 11.5 Å². The van der Waals surface area contributed by atoms with Crippen LogP contribution in [0.2, 0.25) is 0 Å². The summed E-state index contributed by atoms with van der Waals surface area (Å²) >= 11 is 0. The normalized spacial score (nSPS) is 10.7. The zero-order valence-electron chi connectivity index (χ0n) is 13.2. The summed E-state index contributed by atoms with van der Waals surface area (Å²) < 4.78 is 8.40. The molecule has 3 rings (SSSR count). The maximum absolute atomic E-state index is 12.7. The van der Waals surface area contributed by atoms with Crippen molar-refractivity contribution in [2.24, 2.45) is 7.05 Å². The van der Waals surface area contributed by atoms with E-state index in [9.17, 15) is 9.59 Å². The monoisotopic (exact) mass is 311 g/mol. The average Bonchev–Trinajstić information content (AvgIpc) is 3.06. The highest BCUT2D eigenvalue weighted by Gasteiger charge is 2.20. The molecule has 1 N–H and O–H groups in total. The summed E-state index contributed by atoms with van der Waals surface area (Å²) in [6.45, 7) is 3.56. The van der Waals surface area contributed by atoms with Gasteiger partial charge in [0.1, 0.15) is 5.69 Å². The molecule has 6 nitrogen and oxygen atoms in total. The third-order valence-electron chi connectivity index (χ3n) is 3.86. The lowest BCUT2D eigenvalue weighted by molar-refractivity contribution is 0.0995. The Morgan fingerprint density at radius 2 is 1.83 bits per heavy atom. The SMILES string of the molecule is Cc1ccoc1C(=O)Nc1c(C)n(C)n(-c2ccccc2)c1=O. The molecule has 0 saturated heterocycles. The van der Waals surface area contributed by atoms with Crippen LogP contribution >= 0.6 is 0 Å². The summed E-state index contributed by atoms with van der Waals surface area (Å²) in [5, 5.41) is 2.67. The van der Waals surface area contributed by atoms with Crippen molar-refractivity contribution in [3.63, 3.8) is 0 Å². The Balaban J connectivity index is 2.03. The molecule has 0 bridgehead atoms. The number of aromatic nitrogens is 2. The first-order valence-corrected chi connectivity index (χ1v) is 7.20. The van der Waals surface area contributed by atoms with Crippen molar-refractivity contribution in [3.05, 3.63) is 70.0 Å². The Labute approximate surface area is 132 Å². The quantitative estimate of drug-likeness (QED) is 0.808. The first-order valence-electron chi connectivity index (χ1n) is 7.20. The van der Waals surface area contributed by atoms with E-state index < -0.39 is 5.91 Å². The number of nitrogens with one attached hydrogen (secondary N) is 1. The molecule has 0 unspecified atom stereocenters. The van der Waals surface area contributed by atoms with E-state index in [-0.39, 0.29) is 17.0 Å². The van der Waals surface area contributed by atoms with Gasteiger partial charge in [0.05, 0.1) is 17.6 Å². The zero-order valence-corrected chi connectivity index (χ0v) is 13.2. The van der Waals surface area contributed by atoms with Gasteiger partial charge in [-0.15, -0.1) is 0 Å². The molecule has 2 heterocycles. The fourth-order valence-electron chi connectivity index (χ4n) is 2.49. The Kier molecular flexibility index (Phi) is 3.65. The number of benzene rings is 1. The number of furan rings is 1. The first-order chi connectivity index (χ1) is 11.0. The number of amides is 1. The minimum absolute atomic E-state index is 0.207. The maximum Gasteiger partial charge on any atom is 0.295 e. The predicted octanol–water partition coefficient (Wildman–Crippen LogP) is 2.64. The third kappa shape index (κ3) is 2.48. The topological polar surface area (TPSA) is 69.2 Å². The molecule has 0 fully saturated rings. The molecule has 1 aromatic carbocycles. The van der Waals surface area contributed by atoms with Crippen LogP contribution in [0.25, 0.3) is 5.69 Å². The Hall–Kier alpha value is -3.02. The van der Waals surface area contributed by atoms with Crippen molar-refractivity contribution in [3.8, 4) is 5.69 Å². The molecule has 3 aromatic rings. The van der Waals surface area contributed by atoms with Crippen molar-refractivity contribution < 1.29 is 9.21 Å². The van der Waals surface area contributed by atoms with E-state index in [0.29, 0.717) is 5.69 Å². The molecule has 0 atom stereocenters. The summed E-state index contributed by atoms with van der Waals surface area (Å²) in [4.78, 5) is 25.0. The lowest BCUT2D eigenvalue weighted by atomic mass is 10.2. The number of rotatable bonds is 3. The molecule has 1 amide bonds. The number of hydrogen-bond donors (Lipinski definition) is 1. The summed E-state index contributed by atoms with van der Waals surface area (Å²) in [5.41, 5.74) is 2.08. The molecule has 23 heavy (non-hydrogen) atoms. The summed E-state index contributed by atoms with van der Waals surface area (Å²) in [6, 6.07) is 11.0. The number of para-hydroxylation sites is 1. The molecule has 0 aliphatic carbocycles. The predicted molar refractivity (Wildman–Crippen MR) is 87.1 cm³/mol. The first kappa shape index (κ1) is 14.9. The minimum atomic E-state index is -0.432. The number of carbonyl (C=O) groups is 1. The van der Waals surface area contributed by atoms with Crippen LogP contribution in [0.5, 0.6) is 0 Å². The highest BCUT2D eigenvalue weighted by Crippen LogP contribution is 2.16. The van der Waals surface area contributed by atoms with Crippen LogP contribution in [-0.4, -0.2) is 15.3 Å². The summed E-state index contributed by atoms with van der Waals surface area (Å²) in [7, 11) is 1.78. The minimum Gasteiger partial charge on any atom is -0.459 e. The molecular formula is C17H17N3O3. The second-order valence-electron chi connectivity index (χ2n) is 5.32. The van der Waals surface area contributed by atoms with Gasteiger partial charge in [0.15, 0.2) is 5.76 Å². The molecule has 0 saturated carbocycles. The van der Waals surface area contributed by atoms with Crippen molar-refractivity contribution in [2.75, 3.05) is 5.32 Å². The van der Waals surface area contributed by atoms with E-state index in [1.54, 1.807) is 31.6 Å². The molecule has 0 aliphatic heterocycles. The largest absolute Gasteiger partial charge is 0.459 e. The van der Waals surface area contributed by atoms with Crippen molar-refractivity contribution in [1.82, 2.24) is 9.36 Å². The summed E-state index contributed by atoms with van der Waals surface area (Å²) in [5.74, 6) is -0.225. The second-order valence-corrected chi connectivity index (χ2v) is 5.32. The van der Waals surface area contributed by atoms with Crippen LogP contribution in [0.3, 0.4) is 0 Å². The fourth-order valence-corrected chi connectivity index (χ4v) is 2.49. The fraction of sp³-hybridized carbons (Fsp3) is 0.176. The molecule has 0 aliphatic rings. The summed E-state index contributed by atoms with van der Waals surface area (Å²) in [6.07, 6.45) is 1.45. The van der Waals surface area contributed by atoms with Gasteiger partial charge in [-0.05, 0) is 32.0 Å². The van der Waals surface area contributed by atoms with Gasteiger partial charge in [-0.25, -0.2) is 4.68 Å². The van der Waals surface area contributed by atoms with Gasteiger partial charge in [-0.3, -0.25) is 14.3 Å².